The van der Waals surface area contributed by atoms with Crippen LogP contribution in [0.15, 0.2) is 36.7 Å². The van der Waals surface area contributed by atoms with Crippen LogP contribution in [-0.4, -0.2) is 4.98 Å². The molecule has 2 aromatic rings. The monoisotopic (exact) mass is 217 g/mol. The van der Waals surface area contributed by atoms with Gasteiger partial charge in [-0.25, -0.2) is 4.39 Å². The summed E-state index contributed by atoms with van der Waals surface area (Å²) in [4.78, 5) is 3.92. The number of hydrogen-bond acceptors (Lipinski definition) is 3. The van der Waals surface area contributed by atoms with Crippen molar-refractivity contribution >= 4 is 17.1 Å². The lowest BCUT2D eigenvalue weighted by Crippen LogP contribution is -1.96. The number of nitrogen functional groups attached to an aromatic ring is 1. The van der Waals surface area contributed by atoms with Gasteiger partial charge < -0.3 is 11.1 Å². The molecule has 0 spiro atoms. The molecule has 0 saturated heterocycles. The van der Waals surface area contributed by atoms with Crippen LogP contribution in [0.5, 0.6) is 0 Å². The number of hydrogen-bond donors (Lipinski definition) is 2. The fraction of sp³-hybridized carbons (Fsp3) is 0.0833. The Morgan fingerprint density at radius 1 is 1.25 bits per heavy atom. The topological polar surface area (TPSA) is 50.9 Å². The third kappa shape index (κ3) is 2.28. The van der Waals surface area contributed by atoms with Crippen molar-refractivity contribution in [1.29, 1.82) is 0 Å². The van der Waals surface area contributed by atoms with E-state index in [9.17, 15) is 4.39 Å². The summed E-state index contributed by atoms with van der Waals surface area (Å²) in [6.45, 7) is 1.90. The highest BCUT2D eigenvalue weighted by Gasteiger charge is 2.02. The fourth-order valence-electron chi connectivity index (χ4n) is 1.42. The van der Waals surface area contributed by atoms with Gasteiger partial charge >= 0.3 is 0 Å². The molecule has 0 saturated carbocycles. The molecule has 3 nitrogen and oxygen atoms in total. The molecule has 0 aliphatic heterocycles. The number of rotatable bonds is 2. The minimum atomic E-state index is -0.298. The average Bonchev–Trinajstić information content (AvgIpc) is 2.24. The molecule has 1 aromatic heterocycles. The van der Waals surface area contributed by atoms with Gasteiger partial charge in [0, 0.05) is 6.20 Å². The lowest BCUT2D eigenvalue weighted by Gasteiger charge is -2.08. The van der Waals surface area contributed by atoms with Crippen molar-refractivity contribution in [2.45, 2.75) is 6.92 Å². The molecule has 0 bridgehead atoms. The van der Waals surface area contributed by atoms with Gasteiger partial charge in [0.2, 0.25) is 0 Å². The Morgan fingerprint density at radius 2 is 2.06 bits per heavy atom. The van der Waals surface area contributed by atoms with Crippen LogP contribution in [0.4, 0.5) is 21.5 Å². The third-order valence-electron chi connectivity index (χ3n) is 2.16. The number of anilines is 3. The molecule has 82 valence electrons. The second-order valence-corrected chi connectivity index (χ2v) is 3.62. The molecule has 0 amide bonds. The molecule has 1 heterocycles. The summed E-state index contributed by atoms with van der Waals surface area (Å²) in [5.41, 5.74) is 8.20. The SMILES string of the molecule is Cc1ccc(F)c(Nc2cncc(N)c2)c1. The van der Waals surface area contributed by atoms with E-state index in [2.05, 4.69) is 10.3 Å². The Hall–Kier alpha value is -2.10. The zero-order valence-electron chi connectivity index (χ0n) is 8.87. The average molecular weight is 217 g/mol. The van der Waals surface area contributed by atoms with E-state index < -0.39 is 0 Å². The molecule has 2 rings (SSSR count). The minimum Gasteiger partial charge on any atom is -0.397 e. The number of halogens is 1. The first-order valence-electron chi connectivity index (χ1n) is 4.89. The van der Waals surface area contributed by atoms with Crippen LogP contribution in [0.2, 0.25) is 0 Å². The van der Waals surface area contributed by atoms with E-state index >= 15 is 0 Å². The maximum Gasteiger partial charge on any atom is 0.146 e. The Kier molecular flexibility index (Phi) is 2.72. The number of aryl methyl sites for hydroxylation is 1. The van der Waals surface area contributed by atoms with E-state index in [1.54, 1.807) is 24.4 Å². The van der Waals surface area contributed by atoms with Crippen LogP contribution in [0.25, 0.3) is 0 Å². The third-order valence-corrected chi connectivity index (χ3v) is 2.16. The van der Waals surface area contributed by atoms with Crippen molar-refractivity contribution in [2.75, 3.05) is 11.1 Å². The van der Waals surface area contributed by atoms with Gasteiger partial charge in [-0.15, -0.1) is 0 Å². The lowest BCUT2D eigenvalue weighted by atomic mass is 10.2. The molecule has 0 unspecified atom stereocenters. The smallest absolute Gasteiger partial charge is 0.146 e. The largest absolute Gasteiger partial charge is 0.397 e. The summed E-state index contributed by atoms with van der Waals surface area (Å²) in [5, 5.41) is 2.94. The van der Waals surface area contributed by atoms with Crippen molar-refractivity contribution in [3.8, 4) is 0 Å². The molecule has 3 N–H and O–H groups in total. The van der Waals surface area contributed by atoms with Crippen LogP contribution in [0, 0.1) is 12.7 Å². The maximum atomic E-state index is 13.4. The van der Waals surface area contributed by atoms with Crippen LogP contribution in [-0.2, 0) is 0 Å². The zero-order valence-corrected chi connectivity index (χ0v) is 8.87. The van der Waals surface area contributed by atoms with Crippen molar-refractivity contribution in [1.82, 2.24) is 4.98 Å². The van der Waals surface area contributed by atoms with E-state index in [4.69, 9.17) is 5.73 Å². The van der Waals surface area contributed by atoms with Gasteiger partial charge in [0.25, 0.3) is 0 Å². The van der Waals surface area contributed by atoms with Crippen LogP contribution in [0.3, 0.4) is 0 Å². The highest BCUT2D eigenvalue weighted by atomic mass is 19.1. The zero-order chi connectivity index (χ0) is 11.5. The summed E-state index contributed by atoms with van der Waals surface area (Å²) < 4.78 is 13.4. The van der Waals surface area contributed by atoms with Gasteiger partial charge in [-0.3, -0.25) is 4.98 Å². The first kappa shape index (κ1) is 10.4. The molecule has 1 aromatic carbocycles. The number of nitrogens with one attached hydrogen (secondary N) is 1. The molecular weight excluding hydrogens is 205 g/mol. The number of nitrogens with zero attached hydrogens (tertiary/aromatic N) is 1. The van der Waals surface area contributed by atoms with E-state index in [0.717, 1.165) is 5.56 Å². The molecule has 0 aliphatic carbocycles. The van der Waals surface area contributed by atoms with E-state index in [-0.39, 0.29) is 5.82 Å². The van der Waals surface area contributed by atoms with Gasteiger partial charge in [0.1, 0.15) is 5.82 Å². The van der Waals surface area contributed by atoms with E-state index in [1.807, 2.05) is 6.92 Å². The predicted molar refractivity (Wildman–Crippen MR) is 63.1 cm³/mol. The quantitative estimate of drug-likeness (QED) is 0.813. The molecule has 16 heavy (non-hydrogen) atoms. The van der Waals surface area contributed by atoms with Crippen LogP contribution in [0.1, 0.15) is 5.56 Å². The van der Waals surface area contributed by atoms with E-state index in [1.165, 1.54) is 12.3 Å². The Balaban J connectivity index is 2.30. The summed E-state index contributed by atoms with van der Waals surface area (Å²) in [6.07, 6.45) is 3.13. The normalized spacial score (nSPS) is 10.1. The molecule has 0 radical (unpaired) electrons. The number of benzene rings is 1. The molecule has 0 atom stereocenters. The van der Waals surface area contributed by atoms with Crippen molar-refractivity contribution in [3.63, 3.8) is 0 Å². The van der Waals surface area contributed by atoms with Gasteiger partial charge in [0.05, 0.1) is 23.3 Å². The first-order chi connectivity index (χ1) is 7.65. The van der Waals surface area contributed by atoms with Gasteiger partial charge in [-0.05, 0) is 30.7 Å². The standard InChI is InChI=1S/C12H12FN3/c1-8-2-3-11(13)12(4-8)16-10-5-9(14)6-15-7-10/h2-7,16H,14H2,1H3. The molecule has 0 fully saturated rings. The Bertz CT molecular complexity index is 511. The van der Waals surface area contributed by atoms with Gasteiger partial charge in [-0.2, -0.15) is 0 Å². The molecular formula is C12H12FN3. The predicted octanol–water partition coefficient (Wildman–Crippen LogP) is 2.85. The van der Waals surface area contributed by atoms with Crippen molar-refractivity contribution in [2.24, 2.45) is 0 Å². The molecule has 0 aliphatic rings. The highest BCUT2D eigenvalue weighted by Crippen LogP contribution is 2.21. The molecule has 4 heteroatoms. The minimum absolute atomic E-state index is 0.298. The first-order valence-corrected chi connectivity index (χ1v) is 4.89. The number of aromatic nitrogens is 1. The lowest BCUT2D eigenvalue weighted by molar-refractivity contribution is 0.631. The van der Waals surface area contributed by atoms with Crippen molar-refractivity contribution < 1.29 is 4.39 Å². The maximum absolute atomic E-state index is 13.4. The summed E-state index contributed by atoms with van der Waals surface area (Å²) in [6, 6.07) is 6.59. The summed E-state index contributed by atoms with van der Waals surface area (Å²) in [5.74, 6) is -0.298. The summed E-state index contributed by atoms with van der Waals surface area (Å²) in [7, 11) is 0. The second-order valence-electron chi connectivity index (χ2n) is 3.62. The number of pyridine rings is 1. The van der Waals surface area contributed by atoms with Crippen molar-refractivity contribution in [3.05, 3.63) is 48.0 Å². The Labute approximate surface area is 93.1 Å². The number of nitrogens with two attached hydrogens (primary N) is 1. The Morgan fingerprint density at radius 3 is 2.81 bits per heavy atom. The fourth-order valence-corrected chi connectivity index (χ4v) is 1.42. The van der Waals surface area contributed by atoms with Gasteiger partial charge in [-0.1, -0.05) is 6.07 Å². The second kappa shape index (κ2) is 4.18. The van der Waals surface area contributed by atoms with Crippen LogP contribution >= 0.6 is 0 Å². The van der Waals surface area contributed by atoms with E-state index in [0.29, 0.717) is 17.1 Å². The highest BCUT2D eigenvalue weighted by molar-refractivity contribution is 5.63. The van der Waals surface area contributed by atoms with Gasteiger partial charge in [0.15, 0.2) is 0 Å². The summed E-state index contributed by atoms with van der Waals surface area (Å²) >= 11 is 0. The van der Waals surface area contributed by atoms with Crippen LogP contribution < -0.4 is 11.1 Å².